The summed E-state index contributed by atoms with van der Waals surface area (Å²) >= 11 is 0. The Balaban J connectivity index is 0.00000225. The molecule has 0 radical (unpaired) electrons. The first-order valence-corrected chi connectivity index (χ1v) is 7.99. The van der Waals surface area contributed by atoms with E-state index >= 15 is 0 Å². The van der Waals surface area contributed by atoms with Crippen molar-refractivity contribution in [3.63, 3.8) is 0 Å². The number of nitrogens with zero attached hydrogens (tertiary/aromatic N) is 2. The van der Waals surface area contributed by atoms with Crippen LogP contribution in [0.4, 0.5) is 8.78 Å². The van der Waals surface area contributed by atoms with Crippen molar-refractivity contribution in [3.8, 4) is 0 Å². The number of benzene rings is 1. The summed E-state index contributed by atoms with van der Waals surface area (Å²) in [5, 5.41) is 3.01. The van der Waals surface area contributed by atoms with Crippen LogP contribution in [0.1, 0.15) is 24.1 Å². The van der Waals surface area contributed by atoms with E-state index < -0.39 is 17.0 Å². The normalized spacial score (nSPS) is 15.4. The summed E-state index contributed by atoms with van der Waals surface area (Å²) in [4.78, 5) is 8.50. The fourth-order valence-electron chi connectivity index (χ4n) is 2.80. The number of halogens is 3. The van der Waals surface area contributed by atoms with E-state index in [-0.39, 0.29) is 42.0 Å². The van der Waals surface area contributed by atoms with Crippen molar-refractivity contribution < 1.29 is 8.78 Å². The first kappa shape index (κ1) is 19.6. The summed E-state index contributed by atoms with van der Waals surface area (Å²) in [6.45, 7) is 0.890. The third-order valence-electron chi connectivity index (χ3n) is 4.31. The van der Waals surface area contributed by atoms with E-state index in [4.69, 9.17) is 5.73 Å². The van der Waals surface area contributed by atoms with Crippen molar-refractivity contribution in [2.75, 3.05) is 13.1 Å². The maximum Gasteiger partial charge on any atom is 0.188 e. The summed E-state index contributed by atoms with van der Waals surface area (Å²) in [6.07, 6.45) is 3.90. The second-order valence-corrected chi connectivity index (χ2v) is 6.08. The van der Waals surface area contributed by atoms with Gasteiger partial charge >= 0.3 is 0 Å². The molecule has 0 atom stereocenters. The number of aromatic nitrogens is 1. The second-order valence-electron chi connectivity index (χ2n) is 6.08. The number of pyridine rings is 1. The largest absolute Gasteiger partial charge is 0.370 e. The van der Waals surface area contributed by atoms with Crippen LogP contribution >= 0.6 is 24.0 Å². The molecular weight excluding hydrogens is 437 g/mol. The zero-order chi connectivity index (χ0) is 17.0. The van der Waals surface area contributed by atoms with Gasteiger partial charge < -0.3 is 11.1 Å². The zero-order valence-electron chi connectivity index (χ0n) is 13.7. The predicted molar refractivity (Wildman–Crippen MR) is 105 cm³/mol. The molecule has 0 aliphatic heterocycles. The van der Waals surface area contributed by atoms with Crippen molar-refractivity contribution in [3.05, 3.63) is 65.5 Å². The van der Waals surface area contributed by atoms with Gasteiger partial charge in [-0.05, 0) is 37.1 Å². The predicted octanol–water partition coefficient (Wildman–Crippen LogP) is 3.16. The molecule has 0 saturated heterocycles. The Morgan fingerprint density at radius 2 is 1.88 bits per heavy atom. The Hall–Kier alpha value is -1.77. The maximum atomic E-state index is 14.0. The van der Waals surface area contributed by atoms with E-state index in [9.17, 15) is 8.78 Å². The number of guanidine groups is 1. The first-order valence-electron chi connectivity index (χ1n) is 7.99. The topological polar surface area (TPSA) is 63.3 Å². The monoisotopic (exact) mass is 458 g/mol. The third kappa shape index (κ3) is 4.87. The molecule has 0 bridgehead atoms. The van der Waals surface area contributed by atoms with Crippen LogP contribution in [-0.4, -0.2) is 24.0 Å². The fraction of sp³-hybridized carbons (Fsp3) is 0.333. The Labute approximate surface area is 163 Å². The molecule has 7 heteroatoms. The molecular formula is C18H21F2IN4. The van der Waals surface area contributed by atoms with Crippen LogP contribution in [0.5, 0.6) is 0 Å². The van der Waals surface area contributed by atoms with Gasteiger partial charge in [0.2, 0.25) is 0 Å². The smallest absolute Gasteiger partial charge is 0.188 e. The number of rotatable bonds is 6. The Kier molecular flexibility index (Phi) is 6.69. The number of nitrogens with two attached hydrogens (primary N) is 1. The van der Waals surface area contributed by atoms with Crippen LogP contribution in [0.2, 0.25) is 0 Å². The molecule has 0 unspecified atom stereocenters. The first-order chi connectivity index (χ1) is 11.6. The quantitative estimate of drug-likeness (QED) is 0.397. The van der Waals surface area contributed by atoms with Crippen molar-refractivity contribution in [1.82, 2.24) is 10.3 Å². The van der Waals surface area contributed by atoms with E-state index in [0.29, 0.717) is 6.54 Å². The summed E-state index contributed by atoms with van der Waals surface area (Å²) in [7, 11) is 0. The molecule has 1 aliphatic rings. The molecule has 0 amide bonds. The molecule has 1 heterocycles. The number of nitrogens with one attached hydrogen (secondary N) is 1. The Bertz CT molecular complexity index is 713. The average molecular weight is 458 g/mol. The van der Waals surface area contributed by atoms with Crippen molar-refractivity contribution >= 4 is 29.9 Å². The molecule has 1 aromatic carbocycles. The van der Waals surface area contributed by atoms with Gasteiger partial charge in [0.25, 0.3) is 0 Å². The van der Waals surface area contributed by atoms with Crippen LogP contribution in [0.3, 0.4) is 0 Å². The summed E-state index contributed by atoms with van der Waals surface area (Å²) < 4.78 is 27.9. The van der Waals surface area contributed by atoms with E-state index in [1.54, 1.807) is 6.20 Å². The Morgan fingerprint density at radius 3 is 2.48 bits per heavy atom. The van der Waals surface area contributed by atoms with Crippen LogP contribution < -0.4 is 11.1 Å². The second kappa shape index (κ2) is 8.55. The van der Waals surface area contributed by atoms with Gasteiger partial charge in [-0.15, -0.1) is 24.0 Å². The lowest BCUT2D eigenvalue weighted by Crippen LogP contribution is -2.34. The van der Waals surface area contributed by atoms with E-state index in [0.717, 1.165) is 25.0 Å². The fourth-order valence-corrected chi connectivity index (χ4v) is 2.80. The number of hydrogen-bond acceptors (Lipinski definition) is 2. The van der Waals surface area contributed by atoms with E-state index in [1.165, 1.54) is 18.2 Å². The van der Waals surface area contributed by atoms with Gasteiger partial charge in [0.05, 0.1) is 6.54 Å². The van der Waals surface area contributed by atoms with E-state index in [1.807, 2.05) is 18.2 Å². The minimum absolute atomic E-state index is 0. The molecule has 25 heavy (non-hydrogen) atoms. The highest BCUT2D eigenvalue weighted by Crippen LogP contribution is 2.50. The number of aliphatic imine (C=N–C) groups is 1. The van der Waals surface area contributed by atoms with Gasteiger partial charge in [-0.25, -0.2) is 8.78 Å². The molecule has 3 N–H and O–H groups in total. The molecule has 3 rings (SSSR count). The van der Waals surface area contributed by atoms with Crippen molar-refractivity contribution in [2.24, 2.45) is 10.7 Å². The molecule has 1 aromatic heterocycles. The highest BCUT2D eigenvalue weighted by Gasteiger charge is 2.47. The average Bonchev–Trinajstić information content (AvgIpc) is 3.35. The minimum atomic E-state index is -0.553. The van der Waals surface area contributed by atoms with E-state index in [2.05, 4.69) is 15.3 Å². The minimum Gasteiger partial charge on any atom is -0.370 e. The lowest BCUT2D eigenvalue weighted by molar-refractivity contribution is 0.517. The molecule has 0 spiro atoms. The van der Waals surface area contributed by atoms with Gasteiger partial charge in [0, 0.05) is 35.8 Å². The highest BCUT2D eigenvalue weighted by atomic mass is 127. The van der Waals surface area contributed by atoms with Crippen molar-refractivity contribution in [1.29, 1.82) is 0 Å². The van der Waals surface area contributed by atoms with Crippen LogP contribution in [0, 0.1) is 11.6 Å². The lowest BCUT2D eigenvalue weighted by Gasteiger charge is -2.15. The summed E-state index contributed by atoms with van der Waals surface area (Å²) in [5.41, 5.74) is 6.40. The maximum absolute atomic E-state index is 14.0. The van der Waals surface area contributed by atoms with Gasteiger partial charge in [-0.2, -0.15) is 0 Å². The Morgan fingerprint density at radius 1 is 1.16 bits per heavy atom. The van der Waals surface area contributed by atoms with Crippen LogP contribution in [-0.2, 0) is 11.8 Å². The van der Waals surface area contributed by atoms with Gasteiger partial charge in [-0.1, -0.05) is 12.1 Å². The van der Waals surface area contributed by atoms with Crippen LogP contribution in [0.15, 0.2) is 47.6 Å². The molecule has 1 fully saturated rings. The molecule has 2 aromatic rings. The van der Waals surface area contributed by atoms with Crippen molar-refractivity contribution in [2.45, 2.75) is 24.7 Å². The van der Waals surface area contributed by atoms with Gasteiger partial charge in [-0.3, -0.25) is 9.98 Å². The molecule has 1 saturated carbocycles. The lowest BCUT2D eigenvalue weighted by atomic mass is 9.95. The molecule has 1 aliphatic carbocycles. The standard InChI is InChI=1S/C18H20F2N4.HI/c19-14-5-3-6-15(20)16(14)18(8-9-18)12-24-17(21)23-11-7-13-4-1-2-10-22-13;/h1-6,10H,7-9,11-12H2,(H3,21,23,24);1H. The third-order valence-corrected chi connectivity index (χ3v) is 4.31. The summed E-state index contributed by atoms with van der Waals surface area (Å²) in [6, 6.07) is 9.69. The number of hydrogen-bond donors (Lipinski definition) is 2. The van der Waals surface area contributed by atoms with Crippen LogP contribution in [0.25, 0.3) is 0 Å². The zero-order valence-corrected chi connectivity index (χ0v) is 16.0. The SMILES string of the molecule is I.NC(=NCC1(c2c(F)cccc2F)CC1)NCCc1ccccn1. The molecule has 4 nitrogen and oxygen atoms in total. The summed E-state index contributed by atoms with van der Waals surface area (Å²) in [5.74, 6) is -0.734. The van der Waals surface area contributed by atoms with Gasteiger partial charge in [0.15, 0.2) is 5.96 Å². The highest BCUT2D eigenvalue weighted by molar-refractivity contribution is 14.0. The van der Waals surface area contributed by atoms with Gasteiger partial charge in [0.1, 0.15) is 11.6 Å². The molecule has 134 valence electrons.